The van der Waals surface area contributed by atoms with Crippen LogP contribution in [0.15, 0.2) is 36.7 Å². The van der Waals surface area contributed by atoms with Crippen molar-refractivity contribution in [2.75, 3.05) is 18.4 Å². The number of anilines is 1. The van der Waals surface area contributed by atoms with E-state index in [9.17, 15) is 0 Å². The summed E-state index contributed by atoms with van der Waals surface area (Å²) >= 11 is 0. The number of hydrogen-bond donors (Lipinski definition) is 2. The summed E-state index contributed by atoms with van der Waals surface area (Å²) in [7, 11) is 0. The van der Waals surface area contributed by atoms with Crippen LogP contribution in [-0.2, 0) is 0 Å². The van der Waals surface area contributed by atoms with Crippen molar-refractivity contribution in [3.63, 3.8) is 0 Å². The van der Waals surface area contributed by atoms with E-state index in [1.807, 2.05) is 12.4 Å². The molecule has 0 amide bonds. The molecule has 1 aliphatic heterocycles. The normalized spacial score (nSPS) is 17.2. The lowest BCUT2D eigenvalue weighted by Gasteiger charge is -2.25. The second kappa shape index (κ2) is 4.72. The van der Waals surface area contributed by atoms with Crippen molar-refractivity contribution in [1.82, 2.24) is 10.3 Å². The molecule has 1 aromatic carbocycles. The Hall–Kier alpha value is -1.61. The van der Waals surface area contributed by atoms with Gasteiger partial charge in [0, 0.05) is 29.5 Å². The van der Waals surface area contributed by atoms with Crippen LogP contribution in [0.4, 0.5) is 5.69 Å². The maximum atomic E-state index is 4.21. The van der Waals surface area contributed by atoms with Gasteiger partial charge in [-0.25, -0.2) is 0 Å². The van der Waals surface area contributed by atoms with E-state index in [0.717, 1.165) is 13.1 Å². The topological polar surface area (TPSA) is 37.0 Å². The molecule has 0 atom stereocenters. The molecule has 3 nitrogen and oxygen atoms in total. The molecule has 88 valence electrons. The molecule has 1 aliphatic rings. The summed E-state index contributed by atoms with van der Waals surface area (Å²) in [5.74, 6) is 0. The zero-order valence-electron chi connectivity index (χ0n) is 9.82. The van der Waals surface area contributed by atoms with E-state index in [0.29, 0.717) is 6.04 Å². The second-order valence-corrected chi connectivity index (χ2v) is 4.57. The van der Waals surface area contributed by atoms with Crippen LogP contribution in [0.5, 0.6) is 0 Å². The van der Waals surface area contributed by atoms with Crippen molar-refractivity contribution in [2.24, 2.45) is 0 Å². The van der Waals surface area contributed by atoms with Crippen molar-refractivity contribution < 1.29 is 0 Å². The van der Waals surface area contributed by atoms with Gasteiger partial charge in [-0.05, 0) is 43.5 Å². The van der Waals surface area contributed by atoms with E-state index in [4.69, 9.17) is 0 Å². The Kier molecular flexibility index (Phi) is 2.92. The molecule has 0 spiro atoms. The lowest BCUT2D eigenvalue weighted by atomic mass is 10.1. The summed E-state index contributed by atoms with van der Waals surface area (Å²) in [5.41, 5.74) is 1.21. The van der Waals surface area contributed by atoms with Crippen LogP contribution in [0.2, 0.25) is 0 Å². The Morgan fingerprint density at radius 1 is 1.18 bits per heavy atom. The third kappa shape index (κ3) is 2.24. The molecule has 3 rings (SSSR count). The molecule has 0 radical (unpaired) electrons. The quantitative estimate of drug-likeness (QED) is 0.827. The summed E-state index contributed by atoms with van der Waals surface area (Å²) in [6.45, 7) is 2.22. The van der Waals surface area contributed by atoms with E-state index in [-0.39, 0.29) is 0 Å². The fourth-order valence-corrected chi connectivity index (χ4v) is 2.43. The van der Waals surface area contributed by atoms with Gasteiger partial charge in [0.1, 0.15) is 0 Å². The molecule has 2 aromatic rings. The second-order valence-electron chi connectivity index (χ2n) is 4.57. The van der Waals surface area contributed by atoms with Crippen molar-refractivity contribution in [3.8, 4) is 0 Å². The van der Waals surface area contributed by atoms with Gasteiger partial charge in [-0.3, -0.25) is 4.98 Å². The van der Waals surface area contributed by atoms with Crippen LogP contribution in [0.3, 0.4) is 0 Å². The van der Waals surface area contributed by atoms with Crippen LogP contribution >= 0.6 is 0 Å². The minimum absolute atomic E-state index is 0.585. The number of pyridine rings is 1. The minimum atomic E-state index is 0.585. The number of nitrogens with one attached hydrogen (secondary N) is 2. The van der Waals surface area contributed by atoms with Gasteiger partial charge in [-0.15, -0.1) is 0 Å². The molecule has 0 saturated carbocycles. The number of aromatic nitrogens is 1. The molecule has 0 unspecified atom stereocenters. The van der Waals surface area contributed by atoms with E-state index in [2.05, 4.69) is 39.9 Å². The Morgan fingerprint density at radius 2 is 2.06 bits per heavy atom. The number of benzene rings is 1. The molecule has 1 aromatic heterocycles. The predicted octanol–water partition coefficient (Wildman–Crippen LogP) is 2.40. The third-order valence-electron chi connectivity index (χ3n) is 3.38. The largest absolute Gasteiger partial charge is 0.382 e. The average molecular weight is 227 g/mol. The molecule has 17 heavy (non-hydrogen) atoms. The molecule has 0 bridgehead atoms. The maximum absolute atomic E-state index is 4.21. The van der Waals surface area contributed by atoms with Crippen molar-refractivity contribution in [1.29, 1.82) is 0 Å². The maximum Gasteiger partial charge on any atom is 0.0437 e. The highest BCUT2D eigenvalue weighted by Gasteiger charge is 2.13. The molecule has 0 aliphatic carbocycles. The van der Waals surface area contributed by atoms with Crippen LogP contribution in [-0.4, -0.2) is 24.1 Å². The summed E-state index contributed by atoms with van der Waals surface area (Å²) in [5, 5.41) is 9.49. The molecular formula is C14H17N3. The van der Waals surface area contributed by atoms with Gasteiger partial charge in [-0.1, -0.05) is 12.1 Å². The zero-order chi connectivity index (χ0) is 11.5. The van der Waals surface area contributed by atoms with Gasteiger partial charge in [0.15, 0.2) is 0 Å². The number of rotatable bonds is 2. The predicted molar refractivity (Wildman–Crippen MR) is 71.3 cm³/mol. The fourth-order valence-electron chi connectivity index (χ4n) is 2.43. The lowest BCUT2D eigenvalue weighted by Crippen LogP contribution is -2.35. The van der Waals surface area contributed by atoms with Gasteiger partial charge < -0.3 is 10.6 Å². The number of piperidine rings is 1. The summed E-state index contributed by atoms with van der Waals surface area (Å²) in [6.07, 6.45) is 6.17. The highest BCUT2D eigenvalue weighted by atomic mass is 15.0. The first-order valence-corrected chi connectivity index (χ1v) is 6.23. The highest BCUT2D eigenvalue weighted by Crippen LogP contribution is 2.23. The Morgan fingerprint density at radius 3 is 2.94 bits per heavy atom. The number of nitrogens with zero attached hydrogens (tertiary/aromatic N) is 1. The summed E-state index contributed by atoms with van der Waals surface area (Å²) in [6, 6.07) is 9.02. The molecule has 3 heteroatoms. The van der Waals surface area contributed by atoms with Gasteiger partial charge in [0.2, 0.25) is 0 Å². The monoisotopic (exact) mass is 227 g/mol. The molecule has 2 N–H and O–H groups in total. The third-order valence-corrected chi connectivity index (χ3v) is 3.38. The Balaban J connectivity index is 1.89. The van der Waals surface area contributed by atoms with Gasteiger partial charge in [0.25, 0.3) is 0 Å². The first-order chi connectivity index (χ1) is 8.43. The smallest absolute Gasteiger partial charge is 0.0437 e. The summed E-state index contributed by atoms with van der Waals surface area (Å²) in [4.78, 5) is 4.21. The molecule has 1 saturated heterocycles. The first kappa shape index (κ1) is 10.5. The van der Waals surface area contributed by atoms with Crippen LogP contribution in [0.25, 0.3) is 10.8 Å². The first-order valence-electron chi connectivity index (χ1n) is 6.23. The van der Waals surface area contributed by atoms with Crippen molar-refractivity contribution in [2.45, 2.75) is 18.9 Å². The fraction of sp³-hybridized carbons (Fsp3) is 0.357. The molecule has 2 heterocycles. The van der Waals surface area contributed by atoms with E-state index in [1.54, 1.807) is 0 Å². The minimum Gasteiger partial charge on any atom is -0.382 e. The van der Waals surface area contributed by atoms with Crippen molar-refractivity contribution >= 4 is 16.5 Å². The zero-order valence-corrected chi connectivity index (χ0v) is 9.82. The van der Waals surface area contributed by atoms with Gasteiger partial charge in [0.05, 0.1) is 0 Å². The van der Waals surface area contributed by atoms with E-state index in [1.165, 1.54) is 29.3 Å². The van der Waals surface area contributed by atoms with Crippen molar-refractivity contribution in [3.05, 3.63) is 36.7 Å². The average Bonchev–Trinajstić information content (AvgIpc) is 2.40. The van der Waals surface area contributed by atoms with Gasteiger partial charge in [-0.2, -0.15) is 0 Å². The van der Waals surface area contributed by atoms with Gasteiger partial charge >= 0.3 is 0 Å². The summed E-state index contributed by atoms with van der Waals surface area (Å²) < 4.78 is 0. The Bertz CT molecular complexity index is 498. The number of fused-ring (bicyclic) bond motifs is 1. The SMILES string of the molecule is c1cc(NC2CCNCC2)c2cnccc2c1. The van der Waals surface area contributed by atoms with Crippen LogP contribution in [0, 0.1) is 0 Å². The van der Waals surface area contributed by atoms with Crippen LogP contribution < -0.4 is 10.6 Å². The Labute approximate surface area is 101 Å². The highest BCUT2D eigenvalue weighted by molar-refractivity contribution is 5.93. The van der Waals surface area contributed by atoms with E-state index < -0.39 is 0 Å². The molecule has 1 fully saturated rings. The number of hydrogen-bond acceptors (Lipinski definition) is 3. The molecular weight excluding hydrogens is 210 g/mol. The lowest BCUT2D eigenvalue weighted by molar-refractivity contribution is 0.479. The van der Waals surface area contributed by atoms with Crippen LogP contribution in [0.1, 0.15) is 12.8 Å². The van der Waals surface area contributed by atoms with E-state index >= 15 is 0 Å². The standard InChI is InChI=1S/C14H17N3/c1-2-11-4-7-16-10-13(11)14(3-1)17-12-5-8-15-9-6-12/h1-4,7,10,12,15,17H,5-6,8-9H2.